The van der Waals surface area contributed by atoms with Crippen LogP contribution in [-0.2, 0) is 11.3 Å². The molecule has 1 aromatic carbocycles. The maximum absolute atomic E-state index is 11.0. The molecule has 0 radical (unpaired) electrons. The van der Waals surface area contributed by atoms with Crippen LogP contribution in [0, 0.1) is 16.0 Å². The largest absolute Gasteiger partial charge is 0.373 e. The Morgan fingerprint density at radius 2 is 2.20 bits per heavy atom. The Morgan fingerprint density at radius 1 is 1.45 bits per heavy atom. The molecule has 6 nitrogen and oxygen atoms in total. The number of benzene rings is 1. The molecule has 0 amide bonds. The summed E-state index contributed by atoms with van der Waals surface area (Å²) in [4.78, 5) is 10.5. The van der Waals surface area contributed by atoms with Gasteiger partial charge in [-0.1, -0.05) is 31.9 Å². The molecular weight excluding hydrogens is 258 g/mol. The van der Waals surface area contributed by atoms with Crippen LogP contribution in [0.25, 0.3) is 0 Å². The van der Waals surface area contributed by atoms with Crippen molar-refractivity contribution >= 4 is 11.4 Å². The average molecular weight is 279 g/mol. The normalized spacial score (nSPS) is 22.5. The first-order valence-corrected chi connectivity index (χ1v) is 6.98. The van der Waals surface area contributed by atoms with Crippen molar-refractivity contribution in [1.29, 1.82) is 0 Å². The van der Waals surface area contributed by atoms with Crippen LogP contribution in [0.3, 0.4) is 0 Å². The van der Waals surface area contributed by atoms with E-state index in [9.17, 15) is 10.1 Å². The summed E-state index contributed by atoms with van der Waals surface area (Å²) in [5, 5.41) is 11.0. The van der Waals surface area contributed by atoms with E-state index in [1.807, 2.05) is 0 Å². The lowest BCUT2D eigenvalue weighted by Crippen LogP contribution is -2.25. The molecule has 0 aromatic heterocycles. The molecule has 2 rings (SSSR count). The number of hydrogen-bond donors (Lipinski definition) is 2. The van der Waals surface area contributed by atoms with Crippen LogP contribution in [0.15, 0.2) is 18.2 Å². The van der Waals surface area contributed by atoms with Gasteiger partial charge in [-0.05, 0) is 18.8 Å². The Morgan fingerprint density at radius 3 is 2.85 bits per heavy atom. The molecule has 0 bridgehead atoms. The summed E-state index contributed by atoms with van der Waals surface area (Å²) >= 11 is 0. The zero-order chi connectivity index (χ0) is 14.5. The summed E-state index contributed by atoms with van der Waals surface area (Å²) in [5.41, 5.74) is 3.46. The predicted octanol–water partition coefficient (Wildman–Crippen LogP) is 2.98. The Labute approximate surface area is 118 Å². The van der Waals surface area contributed by atoms with E-state index in [0.29, 0.717) is 18.2 Å². The minimum Gasteiger partial charge on any atom is -0.373 e. The molecule has 20 heavy (non-hydrogen) atoms. The summed E-state index contributed by atoms with van der Waals surface area (Å²) in [5.74, 6) is 5.95. The molecule has 1 saturated carbocycles. The molecule has 1 fully saturated rings. The van der Waals surface area contributed by atoms with Crippen molar-refractivity contribution in [3.05, 3.63) is 33.9 Å². The van der Waals surface area contributed by atoms with Gasteiger partial charge >= 0.3 is 0 Å². The van der Waals surface area contributed by atoms with Crippen molar-refractivity contribution in [1.82, 2.24) is 0 Å². The molecule has 0 saturated heterocycles. The van der Waals surface area contributed by atoms with E-state index in [1.165, 1.54) is 25.3 Å². The van der Waals surface area contributed by atoms with Crippen molar-refractivity contribution < 1.29 is 9.66 Å². The molecule has 1 aliphatic rings. The molecule has 1 aliphatic carbocycles. The molecule has 0 aliphatic heterocycles. The average Bonchev–Trinajstić information content (AvgIpc) is 2.45. The van der Waals surface area contributed by atoms with Crippen LogP contribution in [0.5, 0.6) is 0 Å². The molecule has 0 spiro atoms. The summed E-state index contributed by atoms with van der Waals surface area (Å²) in [7, 11) is 0. The predicted molar refractivity (Wildman–Crippen MR) is 77.1 cm³/mol. The Hall–Kier alpha value is -1.66. The highest BCUT2D eigenvalue weighted by Gasteiger charge is 2.23. The van der Waals surface area contributed by atoms with Gasteiger partial charge in [0.25, 0.3) is 5.69 Å². The zero-order valence-electron chi connectivity index (χ0n) is 11.7. The van der Waals surface area contributed by atoms with Crippen molar-refractivity contribution in [3.63, 3.8) is 0 Å². The molecule has 2 unspecified atom stereocenters. The highest BCUT2D eigenvalue weighted by molar-refractivity contribution is 5.65. The van der Waals surface area contributed by atoms with Gasteiger partial charge in [-0.3, -0.25) is 16.0 Å². The Bertz CT molecular complexity index is 479. The first-order valence-electron chi connectivity index (χ1n) is 6.98. The fourth-order valence-corrected chi connectivity index (χ4v) is 2.75. The van der Waals surface area contributed by atoms with Crippen molar-refractivity contribution in [2.75, 3.05) is 5.43 Å². The lowest BCUT2D eigenvalue weighted by molar-refractivity contribution is -0.384. The lowest BCUT2D eigenvalue weighted by atomic mass is 9.88. The first-order chi connectivity index (χ1) is 9.63. The first kappa shape index (κ1) is 14.7. The number of ether oxygens (including phenoxy) is 1. The van der Waals surface area contributed by atoms with E-state index < -0.39 is 4.92 Å². The Kier molecular flexibility index (Phi) is 4.92. The highest BCUT2D eigenvalue weighted by Crippen LogP contribution is 2.31. The lowest BCUT2D eigenvalue weighted by Gasteiger charge is -2.29. The monoisotopic (exact) mass is 279 g/mol. The topological polar surface area (TPSA) is 90.4 Å². The van der Waals surface area contributed by atoms with Gasteiger partial charge in [-0.15, -0.1) is 0 Å². The summed E-state index contributed by atoms with van der Waals surface area (Å²) in [6.07, 6.45) is 4.91. The molecule has 110 valence electrons. The van der Waals surface area contributed by atoms with Gasteiger partial charge in [0.15, 0.2) is 0 Å². The van der Waals surface area contributed by atoms with E-state index in [0.717, 1.165) is 12.0 Å². The van der Waals surface area contributed by atoms with Gasteiger partial charge in [0.05, 0.1) is 17.6 Å². The second kappa shape index (κ2) is 6.67. The van der Waals surface area contributed by atoms with Crippen LogP contribution in [-0.4, -0.2) is 11.0 Å². The van der Waals surface area contributed by atoms with Gasteiger partial charge < -0.3 is 10.2 Å². The molecule has 1 aromatic rings. The maximum atomic E-state index is 11.0. The molecule has 0 heterocycles. The fourth-order valence-electron chi connectivity index (χ4n) is 2.75. The van der Waals surface area contributed by atoms with Gasteiger partial charge in [0, 0.05) is 11.6 Å². The van der Waals surface area contributed by atoms with Crippen molar-refractivity contribution in [2.45, 2.75) is 45.3 Å². The standard InChI is InChI=1S/C14H21N3O3/c1-10-5-2-3-8-13(10)20-9-11-6-4-7-12(17(18)19)14(11)16-15/h4,6-7,10,13,16H,2-3,5,8-9,15H2,1H3. The quantitative estimate of drug-likeness (QED) is 0.491. The number of nitro groups is 1. The third kappa shape index (κ3) is 3.26. The van der Waals surface area contributed by atoms with E-state index in [-0.39, 0.29) is 11.8 Å². The van der Waals surface area contributed by atoms with Crippen LogP contribution >= 0.6 is 0 Å². The molecule has 3 N–H and O–H groups in total. The van der Waals surface area contributed by atoms with Crippen LogP contribution < -0.4 is 11.3 Å². The number of hydrazine groups is 1. The number of nitrogen functional groups attached to an aromatic ring is 1. The second-order valence-electron chi connectivity index (χ2n) is 5.32. The summed E-state index contributed by atoms with van der Waals surface area (Å²) in [6.45, 7) is 2.54. The molecule has 2 atom stereocenters. The third-order valence-corrected chi connectivity index (χ3v) is 3.96. The number of nitro benzene ring substituents is 1. The number of nitrogens with one attached hydrogen (secondary N) is 1. The second-order valence-corrected chi connectivity index (χ2v) is 5.32. The minimum atomic E-state index is -0.443. The minimum absolute atomic E-state index is 0.0229. The van der Waals surface area contributed by atoms with Gasteiger partial charge in [-0.2, -0.15) is 0 Å². The summed E-state index contributed by atoms with van der Waals surface area (Å²) in [6, 6.07) is 4.89. The van der Waals surface area contributed by atoms with Crippen molar-refractivity contribution in [3.8, 4) is 0 Å². The Balaban J connectivity index is 2.09. The molecule has 6 heteroatoms. The number of rotatable bonds is 5. The van der Waals surface area contributed by atoms with E-state index in [2.05, 4.69) is 12.3 Å². The zero-order valence-corrected chi connectivity index (χ0v) is 11.7. The van der Waals surface area contributed by atoms with E-state index in [4.69, 9.17) is 10.6 Å². The summed E-state index contributed by atoms with van der Waals surface area (Å²) < 4.78 is 5.94. The van der Waals surface area contributed by atoms with Gasteiger partial charge in [0.1, 0.15) is 5.69 Å². The number of anilines is 1. The van der Waals surface area contributed by atoms with E-state index >= 15 is 0 Å². The SMILES string of the molecule is CC1CCCCC1OCc1cccc([N+](=O)[O-])c1NN. The molecular formula is C14H21N3O3. The van der Waals surface area contributed by atoms with Crippen LogP contribution in [0.2, 0.25) is 0 Å². The number of nitrogens with zero attached hydrogens (tertiary/aromatic N) is 1. The maximum Gasteiger partial charge on any atom is 0.294 e. The third-order valence-electron chi connectivity index (χ3n) is 3.96. The number of nitrogens with two attached hydrogens (primary N) is 1. The van der Waals surface area contributed by atoms with Crippen molar-refractivity contribution in [2.24, 2.45) is 11.8 Å². The smallest absolute Gasteiger partial charge is 0.294 e. The number of hydrogen-bond acceptors (Lipinski definition) is 5. The highest BCUT2D eigenvalue weighted by atomic mass is 16.6. The van der Waals surface area contributed by atoms with Gasteiger partial charge in [0.2, 0.25) is 0 Å². The fraction of sp³-hybridized carbons (Fsp3) is 0.571. The van der Waals surface area contributed by atoms with Crippen LogP contribution in [0.1, 0.15) is 38.2 Å². The van der Waals surface area contributed by atoms with Crippen LogP contribution in [0.4, 0.5) is 11.4 Å². The van der Waals surface area contributed by atoms with Gasteiger partial charge in [-0.25, -0.2) is 0 Å². The number of para-hydroxylation sites is 1. The van der Waals surface area contributed by atoms with E-state index in [1.54, 1.807) is 12.1 Å².